The summed E-state index contributed by atoms with van der Waals surface area (Å²) >= 11 is 0. The van der Waals surface area contributed by atoms with Crippen molar-refractivity contribution in [2.45, 2.75) is 76.7 Å². The van der Waals surface area contributed by atoms with Crippen LogP contribution in [0.15, 0.2) is 0 Å². The summed E-state index contributed by atoms with van der Waals surface area (Å²) in [5.74, 6) is 0.743. The number of carbonyl (C=O) groups is 1. The fourth-order valence-corrected chi connectivity index (χ4v) is 3.91. The SMILES string of the molecule is CC(C)(C)[Si](C)(C)OCCCC(=O)N1[C@H](C#N)C[C@@H]2C[C@@H]21. The summed E-state index contributed by atoms with van der Waals surface area (Å²) < 4.78 is 6.10. The molecule has 21 heavy (non-hydrogen) atoms. The lowest BCUT2D eigenvalue weighted by molar-refractivity contribution is -0.132. The van der Waals surface area contributed by atoms with Gasteiger partial charge in [0.25, 0.3) is 0 Å². The van der Waals surface area contributed by atoms with Crippen molar-refractivity contribution in [1.29, 1.82) is 5.26 Å². The number of nitriles is 1. The number of carbonyl (C=O) groups excluding carboxylic acids is 1. The number of fused-ring (bicyclic) bond motifs is 1. The molecular weight excluding hydrogens is 280 g/mol. The lowest BCUT2D eigenvalue weighted by Gasteiger charge is -2.36. The predicted octanol–water partition coefficient (Wildman–Crippen LogP) is 3.30. The van der Waals surface area contributed by atoms with E-state index >= 15 is 0 Å². The molecule has 0 aromatic carbocycles. The Morgan fingerprint density at radius 2 is 2.05 bits per heavy atom. The molecule has 3 atom stereocenters. The Balaban J connectivity index is 1.74. The lowest BCUT2D eigenvalue weighted by Crippen LogP contribution is -2.41. The quantitative estimate of drug-likeness (QED) is 0.578. The fourth-order valence-electron chi connectivity index (χ4n) is 2.83. The van der Waals surface area contributed by atoms with Crippen LogP contribution < -0.4 is 0 Å². The number of nitrogens with zero attached hydrogens (tertiary/aromatic N) is 2. The third-order valence-electron chi connectivity index (χ3n) is 5.35. The minimum Gasteiger partial charge on any atom is -0.417 e. The maximum atomic E-state index is 12.3. The summed E-state index contributed by atoms with van der Waals surface area (Å²) in [7, 11) is -1.71. The molecule has 118 valence electrons. The van der Waals surface area contributed by atoms with Crippen LogP contribution in [0.3, 0.4) is 0 Å². The fraction of sp³-hybridized carbons (Fsp3) is 0.875. The van der Waals surface area contributed by atoms with Crippen molar-refractivity contribution in [1.82, 2.24) is 4.90 Å². The Labute approximate surface area is 129 Å². The first-order valence-corrected chi connectivity index (χ1v) is 10.9. The normalized spacial score (nSPS) is 28.2. The third kappa shape index (κ3) is 3.49. The average molecular weight is 308 g/mol. The zero-order chi connectivity index (χ0) is 15.8. The zero-order valence-corrected chi connectivity index (χ0v) is 15.0. The molecule has 1 saturated carbocycles. The first-order chi connectivity index (χ1) is 9.67. The van der Waals surface area contributed by atoms with Gasteiger partial charge in [-0.2, -0.15) is 5.26 Å². The molecule has 1 heterocycles. The molecule has 4 nitrogen and oxygen atoms in total. The second-order valence-corrected chi connectivity index (χ2v) is 12.8. The van der Waals surface area contributed by atoms with Crippen LogP contribution in [0.5, 0.6) is 0 Å². The van der Waals surface area contributed by atoms with Crippen molar-refractivity contribution in [2.75, 3.05) is 6.61 Å². The van der Waals surface area contributed by atoms with Gasteiger partial charge in [0.15, 0.2) is 8.32 Å². The van der Waals surface area contributed by atoms with Crippen LogP contribution in [0.1, 0.15) is 46.5 Å². The van der Waals surface area contributed by atoms with E-state index in [9.17, 15) is 4.79 Å². The van der Waals surface area contributed by atoms with Crippen molar-refractivity contribution in [3.05, 3.63) is 0 Å². The maximum Gasteiger partial charge on any atom is 0.223 e. The summed E-state index contributed by atoms with van der Waals surface area (Å²) in [5.41, 5.74) is 0. The lowest BCUT2D eigenvalue weighted by atomic mass is 10.2. The molecule has 0 bridgehead atoms. The molecule has 0 N–H and O–H groups in total. The summed E-state index contributed by atoms with van der Waals surface area (Å²) in [6.45, 7) is 11.8. The van der Waals surface area contributed by atoms with Crippen LogP contribution in [0, 0.1) is 17.2 Å². The highest BCUT2D eigenvalue weighted by atomic mass is 28.4. The molecule has 0 radical (unpaired) electrons. The Morgan fingerprint density at radius 1 is 1.38 bits per heavy atom. The summed E-state index contributed by atoms with van der Waals surface area (Å²) in [6, 6.07) is 2.46. The molecule has 2 fully saturated rings. The summed E-state index contributed by atoms with van der Waals surface area (Å²) in [6.07, 6.45) is 3.26. The first kappa shape index (κ1) is 16.5. The topological polar surface area (TPSA) is 53.3 Å². The largest absolute Gasteiger partial charge is 0.417 e. The molecule has 5 heteroatoms. The van der Waals surface area contributed by atoms with Gasteiger partial charge >= 0.3 is 0 Å². The van der Waals surface area contributed by atoms with Crippen LogP contribution in [0.4, 0.5) is 0 Å². The standard InChI is InChI=1S/C16H28N2O2Si/c1-16(2,3)21(4,5)20-8-6-7-15(19)18-13(11-17)9-12-10-14(12)18/h12-14H,6-10H2,1-5H3/t12-,13+,14+/m1/s1. The van der Waals surface area contributed by atoms with Gasteiger partial charge in [-0.25, -0.2) is 0 Å². The van der Waals surface area contributed by atoms with Gasteiger partial charge in [-0.1, -0.05) is 20.8 Å². The number of hydrogen-bond donors (Lipinski definition) is 0. The maximum absolute atomic E-state index is 12.3. The van der Waals surface area contributed by atoms with Crippen LogP contribution in [-0.2, 0) is 9.22 Å². The van der Waals surface area contributed by atoms with Crippen molar-refractivity contribution in [2.24, 2.45) is 5.92 Å². The monoisotopic (exact) mass is 308 g/mol. The van der Waals surface area contributed by atoms with E-state index < -0.39 is 8.32 Å². The molecule has 1 aliphatic heterocycles. The Kier molecular flexibility index (Phi) is 4.51. The highest BCUT2D eigenvalue weighted by Gasteiger charge is 2.53. The number of amides is 1. The van der Waals surface area contributed by atoms with Gasteiger partial charge in [0.05, 0.1) is 6.07 Å². The van der Waals surface area contributed by atoms with Crippen molar-refractivity contribution >= 4 is 14.2 Å². The minimum absolute atomic E-state index is 0.144. The van der Waals surface area contributed by atoms with Crippen molar-refractivity contribution in [3.8, 4) is 6.07 Å². The summed E-state index contributed by atoms with van der Waals surface area (Å²) in [5, 5.41) is 9.34. The van der Waals surface area contributed by atoms with Crippen LogP contribution in [-0.4, -0.2) is 37.8 Å². The van der Waals surface area contributed by atoms with E-state index in [0.29, 0.717) is 25.0 Å². The van der Waals surface area contributed by atoms with Crippen molar-refractivity contribution < 1.29 is 9.22 Å². The highest BCUT2D eigenvalue weighted by Crippen LogP contribution is 2.47. The smallest absolute Gasteiger partial charge is 0.223 e. The van der Waals surface area contributed by atoms with Gasteiger partial charge in [0.2, 0.25) is 5.91 Å². The van der Waals surface area contributed by atoms with Gasteiger partial charge < -0.3 is 9.33 Å². The van der Waals surface area contributed by atoms with E-state index in [1.165, 1.54) is 0 Å². The van der Waals surface area contributed by atoms with Crippen LogP contribution >= 0.6 is 0 Å². The molecule has 0 unspecified atom stereocenters. The van der Waals surface area contributed by atoms with Gasteiger partial charge in [0.1, 0.15) is 6.04 Å². The molecule has 0 aromatic heterocycles. The zero-order valence-electron chi connectivity index (χ0n) is 14.0. The van der Waals surface area contributed by atoms with Gasteiger partial charge in [-0.3, -0.25) is 4.79 Å². The number of likely N-dealkylation sites (tertiary alicyclic amines) is 1. The van der Waals surface area contributed by atoms with E-state index in [4.69, 9.17) is 9.69 Å². The highest BCUT2D eigenvalue weighted by molar-refractivity contribution is 6.74. The molecule has 2 aliphatic rings. The van der Waals surface area contributed by atoms with Gasteiger partial charge in [-0.15, -0.1) is 0 Å². The molecule has 1 aliphatic carbocycles. The van der Waals surface area contributed by atoms with Crippen LogP contribution in [0.25, 0.3) is 0 Å². The third-order valence-corrected chi connectivity index (χ3v) is 9.88. The molecular formula is C16H28N2O2Si. The number of piperidine rings is 1. The Morgan fingerprint density at radius 3 is 2.62 bits per heavy atom. The first-order valence-electron chi connectivity index (χ1n) is 8.02. The molecule has 1 amide bonds. The van der Waals surface area contributed by atoms with Gasteiger partial charge in [-0.05, 0) is 43.3 Å². The Hall–Kier alpha value is -0.863. The number of hydrogen-bond acceptors (Lipinski definition) is 3. The number of rotatable bonds is 5. The second kappa shape index (κ2) is 5.73. The average Bonchev–Trinajstić information content (AvgIpc) is 3.03. The van der Waals surface area contributed by atoms with E-state index in [-0.39, 0.29) is 17.0 Å². The summed E-state index contributed by atoms with van der Waals surface area (Å²) in [4.78, 5) is 14.1. The van der Waals surface area contributed by atoms with E-state index in [1.54, 1.807) is 0 Å². The molecule has 0 spiro atoms. The van der Waals surface area contributed by atoms with E-state index in [2.05, 4.69) is 39.9 Å². The Bertz CT molecular complexity index is 450. The van der Waals surface area contributed by atoms with Crippen LogP contribution in [0.2, 0.25) is 18.1 Å². The molecule has 2 rings (SSSR count). The molecule has 1 saturated heterocycles. The van der Waals surface area contributed by atoms with Gasteiger partial charge in [0, 0.05) is 19.1 Å². The van der Waals surface area contributed by atoms with E-state index in [0.717, 1.165) is 19.3 Å². The molecule has 0 aromatic rings. The second-order valence-electron chi connectivity index (χ2n) is 7.96. The predicted molar refractivity (Wildman–Crippen MR) is 85.1 cm³/mol. The van der Waals surface area contributed by atoms with E-state index in [1.807, 2.05) is 4.90 Å². The van der Waals surface area contributed by atoms with Crippen molar-refractivity contribution in [3.63, 3.8) is 0 Å². The minimum atomic E-state index is -1.71.